The summed E-state index contributed by atoms with van der Waals surface area (Å²) in [5, 5.41) is 9.96. The van der Waals surface area contributed by atoms with E-state index in [2.05, 4.69) is 4.72 Å². The van der Waals surface area contributed by atoms with E-state index >= 15 is 0 Å². The summed E-state index contributed by atoms with van der Waals surface area (Å²) in [6, 6.07) is 4.58. The minimum Gasteiger partial charge on any atom is -0.398 e. The van der Waals surface area contributed by atoms with Crippen LogP contribution in [0, 0.1) is 5.92 Å². The highest BCUT2D eigenvalue weighted by Crippen LogP contribution is 2.28. The molecule has 1 aliphatic rings. The fourth-order valence-electron chi connectivity index (χ4n) is 2.52. The second-order valence-corrected chi connectivity index (χ2v) is 7.23. The zero-order valence-corrected chi connectivity index (χ0v) is 12.6. The number of rotatable bonds is 4. The van der Waals surface area contributed by atoms with Crippen molar-refractivity contribution in [3.05, 3.63) is 23.2 Å². The van der Waals surface area contributed by atoms with Gasteiger partial charge in [0.1, 0.15) is 4.90 Å². The molecule has 0 aromatic heterocycles. The first kappa shape index (κ1) is 15.6. The number of aliphatic hydroxyl groups excluding tert-OH is 1. The summed E-state index contributed by atoms with van der Waals surface area (Å²) in [7, 11) is -3.76. The second kappa shape index (κ2) is 6.30. The number of hydrogen-bond acceptors (Lipinski definition) is 4. The van der Waals surface area contributed by atoms with Gasteiger partial charge in [-0.25, -0.2) is 13.1 Å². The van der Waals surface area contributed by atoms with E-state index in [1.54, 1.807) is 6.07 Å². The van der Waals surface area contributed by atoms with Crippen LogP contribution in [0.4, 0.5) is 5.69 Å². The number of halogens is 1. The fourth-order valence-corrected chi connectivity index (χ4v) is 4.29. The zero-order chi connectivity index (χ0) is 14.8. The molecule has 1 aliphatic carbocycles. The summed E-state index contributed by atoms with van der Waals surface area (Å²) in [4.78, 5) is -0.0908. The molecule has 0 bridgehead atoms. The number of aliphatic hydroxyl groups is 1. The van der Waals surface area contributed by atoms with Crippen LogP contribution in [0.15, 0.2) is 23.1 Å². The second-order valence-electron chi connectivity index (χ2n) is 5.12. The molecule has 7 heteroatoms. The molecule has 1 aromatic rings. The van der Waals surface area contributed by atoms with Crippen molar-refractivity contribution in [2.75, 3.05) is 12.3 Å². The van der Waals surface area contributed by atoms with Gasteiger partial charge in [0.25, 0.3) is 0 Å². The molecular weight excluding hydrogens is 300 g/mol. The molecule has 4 N–H and O–H groups in total. The van der Waals surface area contributed by atoms with Gasteiger partial charge in [-0.1, -0.05) is 30.5 Å². The first-order valence-corrected chi connectivity index (χ1v) is 8.49. The molecular formula is C13H19ClN2O3S. The highest BCUT2D eigenvalue weighted by atomic mass is 35.5. The predicted octanol–water partition coefficient (Wildman–Crippen LogP) is 1.75. The fraction of sp³-hybridized carbons (Fsp3) is 0.538. The van der Waals surface area contributed by atoms with E-state index in [4.69, 9.17) is 17.3 Å². The molecule has 20 heavy (non-hydrogen) atoms. The van der Waals surface area contributed by atoms with Gasteiger partial charge < -0.3 is 10.8 Å². The lowest BCUT2D eigenvalue weighted by molar-refractivity contribution is 0.0724. The van der Waals surface area contributed by atoms with E-state index in [1.165, 1.54) is 12.1 Å². The highest BCUT2D eigenvalue weighted by Gasteiger charge is 2.26. The van der Waals surface area contributed by atoms with Gasteiger partial charge in [0, 0.05) is 6.54 Å². The Morgan fingerprint density at radius 3 is 2.70 bits per heavy atom. The van der Waals surface area contributed by atoms with Crippen LogP contribution in [0.3, 0.4) is 0 Å². The smallest absolute Gasteiger partial charge is 0.244 e. The Balaban J connectivity index is 2.11. The Labute approximate surface area is 124 Å². The Morgan fingerprint density at radius 2 is 2.05 bits per heavy atom. The largest absolute Gasteiger partial charge is 0.398 e. The molecule has 0 heterocycles. The molecule has 2 unspecified atom stereocenters. The topological polar surface area (TPSA) is 92.4 Å². The molecule has 2 rings (SSSR count). The standard InChI is InChI=1S/C13H19ClN2O3S/c14-10-5-3-6-11(15)13(10)20(18,19)16-8-9-4-1-2-7-12(9)17/h3,5-6,9,12,16-17H,1-2,4,7-8,15H2. The molecule has 0 radical (unpaired) electrons. The number of benzene rings is 1. The maximum atomic E-state index is 12.3. The van der Waals surface area contributed by atoms with E-state index in [9.17, 15) is 13.5 Å². The summed E-state index contributed by atoms with van der Waals surface area (Å²) < 4.78 is 27.0. The van der Waals surface area contributed by atoms with Gasteiger partial charge >= 0.3 is 0 Å². The average molecular weight is 319 g/mol. The van der Waals surface area contributed by atoms with Crippen LogP contribution in [0.2, 0.25) is 5.02 Å². The van der Waals surface area contributed by atoms with Crippen molar-refractivity contribution in [3.8, 4) is 0 Å². The Hall–Kier alpha value is -0.820. The predicted molar refractivity (Wildman–Crippen MR) is 79.0 cm³/mol. The summed E-state index contributed by atoms with van der Waals surface area (Å²) >= 11 is 5.92. The van der Waals surface area contributed by atoms with E-state index in [0.29, 0.717) is 0 Å². The van der Waals surface area contributed by atoms with Crippen LogP contribution in [-0.2, 0) is 10.0 Å². The molecule has 1 fully saturated rings. The van der Waals surface area contributed by atoms with Crippen LogP contribution < -0.4 is 10.5 Å². The van der Waals surface area contributed by atoms with Gasteiger partial charge in [-0.15, -0.1) is 0 Å². The van der Waals surface area contributed by atoms with Gasteiger partial charge in [-0.3, -0.25) is 0 Å². The summed E-state index contributed by atoms with van der Waals surface area (Å²) in [6.07, 6.45) is 3.09. The van der Waals surface area contributed by atoms with Crippen LogP contribution >= 0.6 is 11.6 Å². The number of nitrogen functional groups attached to an aromatic ring is 1. The molecule has 2 atom stereocenters. The van der Waals surface area contributed by atoms with Crippen LogP contribution in [0.5, 0.6) is 0 Å². The monoisotopic (exact) mass is 318 g/mol. The van der Waals surface area contributed by atoms with Crippen molar-refractivity contribution < 1.29 is 13.5 Å². The molecule has 1 saturated carbocycles. The minimum atomic E-state index is -3.76. The Kier molecular flexibility index (Phi) is 4.90. The van der Waals surface area contributed by atoms with E-state index in [1.807, 2.05) is 0 Å². The third kappa shape index (κ3) is 3.44. The molecule has 0 aliphatic heterocycles. The maximum Gasteiger partial charge on any atom is 0.244 e. The third-order valence-electron chi connectivity index (χ3n) is 3.67. The normalized spacial score (nSPS) is 23.7. The molecule has 5 nitrogen and oxygen atoms in total. The lowest BCUT2D eigenvalue weighted by Crippen LogP contribution is -2.37. The van der Waals surface area contributed by atoms with Gasteiger partial charge in [0.2, 0.25) is 10.0 Å². The van der Waals surface area contributed by atoms with E-state index in [-0.39, 0.29) is 28.1 Å². The van der Waals surface area contributed by atoms with E-state index < -0.39 is 16.1 Å². The number of nitrogens with two attached hydrogens (primary N) is 1. The number of nitrogens with one attached hydrogen (secondary N) is 1. The van der Waals surface area contributed by atoms with Gasteiger partial charge in [0.05, 0.1) is 16.8 Å². The van der Waals surface area contributed by atoms with Gasteiger partial charge in [0.15, 0.2) is 0 Å². The van der Waals surface area contributed by atoms with Crippen molar-refractivity contribution in [1.29, 1.82) is 0 Å². The highest BCUT2D eigenvalue weighted by molar-refractivity contribution is 7.89. The van der Waals surface area contributed by atoms with Crippen LogP contribution in [0.1, 0.15) is 25.7 Å². The van der Waals surface area contributed by atoms with Gasteiger partial charge in [-0.2, -0.15) is 0 Å². The quantitative estimate of drug-likeness (QED) is 0.737. The first-order valence-electron chi connectivity index (χ1n) is 6.63. The number of sulfonamides is 1. The average Bonchev–Trinajstić information content (AvgIpc) is 2.37. The molecule has 0 saturated heterocycles. The Bertz CT molecular complexity index is 557. The lowest BCUT2D eigenvalue weighted by atomic mass is 9.87. The lowest BCUT2D eigenvalue weighted by Gasteiger charge is -2.27. The molecule has 1 aromatic carbocycles. The van der Waals surface area contributed by atoms with Crippen molar-refractivity contribution in [2.45, 2.75) is 36.7 Å². The molecule has 112 valence electrons. The number of hydrogen-bond donors (Lipinski definition) is 3. The zero-order valence-electron chi connectivity index (χ0n) is 11.0. The van der Waals surface area contributed by atoms with Gasteiger partial charge in [-0.05, 0) is 30.9 Å². The van der Waals surface area contributed by atoms with Crippen LogP contribution in [-0.4, -0.2) is 26.2 Å². The van der Waals surface area contributed by atoms with Crippen molar-refractivity contribution in [3.63, 3.8) is 0 Å². The molecule has 0 amide bonds. The SMILES string of the molecule is Nc1cccc(Cl)c1S(=O)(=O)NCC1CCCCC1O. The van der Waals surface area contributed by atoms with E-state index in [0.717, 1.165) is 25.7 Å². The maximum absolute atomic E-state index is 12.3. The molecule has 0 spiro atoms. The number of anilines is 1. The summed E-state index contributed by atoms with van der Waals surface area (Å²) in [5.74, 6) is -0.0535. The van der Waals surface area contributed by atoms with Crippen molar-refractivity contribution >= 4 is 27.3 Å². The first-order chi connectivity index (χ1) is 9.42. The summed E-state index contributed by atoms with van der Waals surface area (Å²) in [6.45, 7) is 0.203. The minimum absolute atomic E-state index is 0.0535. The van der Waals surface area contributed by atoms with Crippen LogP contribution in [0.25, 0.3) is 0 Å². The third-order valence-corrected chi connectivity index (χ3v) is 5.64. The van der Waals surface area contributed by atoms with Crippen molar-refractivity contribution in [2.24, 2.45) is 5.92 Å². The van der Waals surface area contributed by atoms with Crippen molar-refractivity contribution in [1.82, 2.24) is 4.72 Å². The Morgan fingerprint density at radius 1 is 1.35 bits per heavy atom. The summed E-state index contributed by atoms with van der Waals surface area (Å²) in [5.41, 5.74) is 5.81.